The lowest BCUT2D eigenvalue weighted by molar-refractivity contribution is -0.130. The number of β-amino-alcohol motifs (C(OH)–C–C–N with tert-alkyl or cyclic N) is 1. The SMILES string of the molecule is C=CCn1c(SCC(=O)N2CCN(CCO)CC2)nc2c(=O)c(C)c(C)sc21. The van der Waals surface area contributed by atoms with E-state index in [9.17, 15) is 9.59 Å². The van der Waals surface area contributed by atoms with Crippen LogP contribution in [0.1, 0.15) is 10.4 Å². The summed E-state index contributed by atoms with van der Waals surface area (Å²) in [6, 6.07) is 0. The highest BCUT2D eigenvalue weighted by Gasteiger charge is 2.22. The quantitative estimate of drug-likeness (QED) is 0.538. The molecule has 1 saturated heterocycles. The molecule has 0 atom stereocenters. The van der Waals surface area contributed by atoms with Crippen molar-refractivity contribution in [3.63, 3.8) is 0 Å². The Morgan fingerprint density at radius 2 is 2.04 bits per heavy atom. The number of hydrogen-bond donors (Lipinski definition) is 1. The van der Waals surface area contributed by atoms with E-state index in [1.54, 1.807) is 17.4 Å². The fourth-order valence-corrected chi connectivity index (χ4v) is 5.22. The van der Waals surface area contributed by atoms with E-state index in [0.717, 1.165) is 28.4 Å². The van der Waals surface area contributed by atoms with Crippen molar-refractivity contribution >= 4 is 39.4 Å². The van der Waals surface area contributed by atoms with Gasteiger partial charge < -0.3 is 14.6 Å². The Kier molecular flexibility index (Phi) is 6.92. The number of rotatable bonds is 7. The molecule has 152 valence electrons. The molecule has 0 aromatic carbocycles. The van der Waals surface area contributed by atoms with Crippen molar-refractivity contribution in [1.82, 2.24) is 19.4 Å². The van der Waals surface area contributed by atoms with Crippen LogP contribution in [0, 0.1) is 13.8 Å². The summed E-state index contributed by atoms with van der Waals surface area (Å²) in [6.45, 7) is 11.8. The second-order valence-corrected chi connectivity index (χ2v) is 8.94. The first kappa shape index (κ1) is 21.0. The lowest BCUT2D eigenvalue weighted by Crippen LogP contribution is -2.49. The molecule has 0 saturated carbocycles. The molecule has 1 fully saturated rings. The van der Waals surface area contributed by atoms with Crippen LogP contribution in [0.25, 0.3) is 10.3 Å². The van der Waals surface area contributed by atoms with Gasteiger partial charge in [0.05, 0.1) is 12.4 Å². The number of hydrogen-bond acceptors (Lipinski definition) is 7. The molecule has 2 aromatic heterocycles. The Labute approximate surface area is 172 Å². The van der Waals surface area contributed by atoms with Crippen molar-refractivity contribution < 1.29 is 9.90 Å². The first-order valence-electron chi connectivity index (χ1n) is 9.31. The lowest BCUT2D eigenvalue weighted by atomic mass is 10.2. The molecule has 0 spiro atoms. The van der Waals surface area contributed by atoms with E-state index >= 15 is 0 Å². The molecule has 2 aromatic rings. The summed E-state index contributed by atoms with van der Waals surface area (Å²) in [6.07, 6.45) is 1.78. The van der Waals surface area contributed by atoms with Crippen LogP contribution in [0.2, 0.25) is 0 Å². The molecular formula is C19H26N4O3S2. The minimum Gasteiger partial charge on any atom is -0.395 e. The van der Waals surface area contributed by atoms with Crippen LogP contribution < -0.4 is 5.43 Å². The summed E-state index contributed by atoms with van der Waals surface area (Å²) in [5.74, 6) is 0.362. The van der Waals surface area contributed by atoms with Gasteiger partial charge in [-0.3, -0.25) is 14.5 Å². The van der Waals surface area contributed by atoms with Crippen LogP contribution in [0.5, 0.6) is 0 Å². The maximum atomic E-state index is 12.6. The van der Waals surface area contributed by atoms with Gasteiger partial charge in [0, 0.05) is 49.7 Å². The van der Waals surface area contributed by atoms with E-state index in [1.165, 1.54) is 11.8 Å². The normalized spacial score (nSPS) is 15.3. The topological polar surface area (TPSA) is 78.7 Å². The smallest absolute Gasteiger partial charge is 0.233 e. The number of thioether (sulfide) groups is 1. The minimum absolute atomic E-state index is 0.0396. The standard InChI is InChI=1S/C19H26N4O3S2/c1-4-5-23-18-16(17(26)13(2)14(3)28-18)20-19(23)27-12-15(25)22-8-6-21(7-9-22)10-11-24/h4,24H,1,5-12H2,2-3H3. The molecule has 7 nitrogen and oxygen atoms in total. The van der Waals surface area contributed by atoms with Crippen molar-refractivity contribution in [2.45, 2.75) is 25.5 Å². The van der Waals surface area contributed by atoms with Crippen LogP contribution in [-0.2, 0) is 11.3 Å². The maximum absolute atomic E-state index is 12.6. The van der Waals surface area contributed by atoms with E-state index < -0.39 is 0 Å². The summed E-state index contributed by atoms with van der Waals surface area (Å²) in [5, 5.41) is 9.71. The third-order valence-corrected chi connectivity index (χ3v) is 7.18. The number of aromatic nitrogens is 2. The average Bonchev–Trinajstić information content (AvgIpc) is 3.03. The number of imidazole rings is 1. The molecular weight excluding hydrogens is 396 g/mol. The molecule has 0 unspecified atom stereocenters. The molecule has 0 bridgehead atoms. The molecule has 1 N–H and O–H groups in total. The van der Waals surface area contributed by atoms with Crippen molar-refractivity contribution in [3.8, 4) is 0 Å². The number of carbonyl (C=O) groups excluding carboxylic acids is 1. The Hall–Kier alpha value is -1.68. The fourth-order valence-electron chi connectivity index (χ4n) is 3.21. The number of piperazine rings is 1. The summed E-state index contributed by atoms with van der Waals surface area (Å²) in [5.41, 5.74) is 1.17. The van der Waals surface area contributed by atoms with E-state index in [-0.39, 0.29) is 23.7 Å². The van der Waals surface area contributed by atoms with Crippen LogP contribution in [0.3, 0.4) is 0 Å². The Morgan fingerprint density at radius 3 is 2.68 bits per heavy atom. The summed E-state index contributed by atoms with van der Waals surface area (Å²) in [7, 11) is 0. The first-order valence-corrected chi connectivity index (χ1v) is 11.1. The predicted molar refractivity (Wildman–Crippen MR) is 114 cm³/mol. The molecule has 0 radical (unpaired) electrons. The zero-order valence-electron chi connectivity index (χ0n) is 16.3. The number of fused-ring (bicyclic) bond motifs is 1. The van der Waals surface area contributed by atoms with Gasteiger partial charge in [-0.25, -0.2) is 4.98 Å². The van der Waals surface area contributed by atoms with Crippen molar-refractivity contribution in [2.24, 2.45) is 0 Å². The van der Waals surface area contributed by atoms with Crippen LogP contribution >= 0.6 is 23.1 Å². The second-order valence-electron chi connectivity index (χ2n) is 6.79. The number of nitrogens with zero attached hydrogens (tertiary/aromatic N) is 4. The molecule has 1 amide bonds. The number of aliphatic hydroxyl groups is 1. The largest absolute Gasteiger partial charge is 0.395 e. The number of allylic oxidation sites excluding steroid dienone is 1. The molecule has 3 heterocycles. The van der Waals surface area contributed by atoms with Gasteiger partial charge >= 0.3 is 0 Å². The second kappa shape index (κ2) is 9.21. The van der Waals surface area contributed by atoms with Crippen molar-refractivity contribution in [1.29, 1.82) is 0 Å². The summed E-state index contributed by atoms with van der Waals surface area (Å²) >= 11 is 2.93. The highest BCUT2D eigenvalue weighted by molar-refractivity contribution is 7.99. The zero-order valence-corrected chi connectivity index (χ0v) is 17.9. The number of aryl methyl sites for hydroxylation is 1. The van der Waals surface area contributed by atoms with Gasteiger partial charge in [0.15, 0.2) is 5.16 Å². The first-order chi connectivity index (χ1) is 13.5. The van der Waals surface area contributed by atoms with Crippen LogP contribution in [0.4, 0.5) is 0 Å². The van der Waals surface area contributed by atoms with Crippen molar-refractivity contribution in [3.05, 3.63) is 33.3 Å². The van der Waals surface area contributed by atoms with Crippen LogP contribution in [-0.4, -0.2) is 75.4 Å². The third kappa shape index (κ3) is 4.32. The molecule has 1 aliphatic rings. The molecule has 1 aliphatic heterocycles. The fraction of sp³-hybridized carbons (Fsp3) is 0.526. The average molecular weight is 423 g/mol. The molecule has 0 aliphatic carbocycles. The van der Waals surface area contributed by atoms with Gasteiger partial charge in [0.2, 0.25) is 11.3 Å². The number of amides is 1. The van der Waals surface area contributed by atoms with E-state index in [4.69, 9.17) is 5.11 Å². The highest BCUT2D eigenvalue weighted by Crippen LogP contribution is 2.28. The molecule has 9 heteroatoms. The molecule has 3 rings (SSSR count). The number of carbonyl (C=O) groups is 1. The van der Waals surface area contributed by atoms with Gasteiger partial charge in [0.1, 0.15) is 10.3 Å². The van der Waals surface area contributed by atoms with Gasteiger partial charge in [0.25, 0.3) is 0 Å². The van der Waals surface area contributed by atoms with E-state index in [1.807, 2.05) is 23.3 Å². The van der Waals surface area contributed by atoms with Gasteiger partial charge in [-0.15, -0.1) is 17.9 Å². The summed E-state index contributed by atoms with van der Waals surface area (Å²) in [4.78, 5) is 35.6. The summed E-state index contributed by atoms with van der Waals surface area (Å²) < 4.78 is 1.97. The van der Waals surface area contributed by atoms with Crippen molar-refractivity contribution in [2.75, 3.05) is 45.1 Å². The zero-order chi connectivity index (χ0) is 20.3. The third-order valence-electron chi connectivity index (χ3n) is 5.00. The predicted octanol–water partition coefficient (Wildman–Crippen LogP) is 1.49. The Morgan fingerprint density at radius 1 is 1.32 bits per heavy atom. The number of aliphatic hydroxyl groups excluding tert-OH is 1. The van der Waals surface area contributed by atoms with E-state index in [0.29, 0.717) is 36.9 Å². The molecule has 28 heavy (non-hydrogen) atoms. The Balaban J connectivity index is 1.74. The van der Waals surface area contributed by atoms with Gasteiger partial charge in [-0.1, -0.05) is 17.8 Å². The van der Waals surface area contributed by atoms with Gasteiger partial charge in [-0.05, 0) is 13.8 Å². The minimum atomic E-state index is -0.0396. The lowest BCUT2D eigenvalue weighted by Gasteiger charge is -2.34. The highest BCUT2D eigenvalue weighted by atomic mass is 32.2. The van der Waals surface area contributed by atoms with Crippen LogP contribution in [0.15, 0.2) is 22.6 Å². The monoisotopic (exact) mass is 422 g/mol. The van der Waals surface area contributed by atoms with E-state index in [2.05, 4.69) is 16.5 Å². The maximum Gasteiger partial charge on any atom is 0.233 e. The Bertz CT molecular complexity index is 929. The van der Waals surface area contributed by atoms with Gasteiger partial charge in [-0.2, -0.15) is 0 Å².